The lowest BCUT2D eigenvalue weighted by Gasteiger charge is -2.42. The molecule has 1 heterocycles. The van der Waals surface area contributed by atoms with Crippen LogP contribution in [0.2, 0.25) is 0 Å². The maximum Gasteiger partial charge on any atom is 0.131 e. The third-order valence-corrected chi connectivity index (χ3v) is 4.24. The fraction of sp³-hybridized carbons (Fsp3) is 0.316. The minimum Gasteiger partial charge on any atom is -0.485 e. The zero-order chi connectivity index (χ0) is 16.4. The van der Waals surface area contributed by atoms with E-state index < -0.39 is 11.7 Å². The van der Waals surface area contributed by atoms with E-state index in [1.54, 1.807) is 18.2 Å². The molecule has 2 atom stereocenters. The van der Waals surface area contributed by atoms with E-state index in [0.717, 1.165) is 11.1 Å². The number of aliphatic hydroxyl groups is 1. The third kappa shape index (κ3) is 3.07. The van der Waals surface area contributed by atoms with Crippen molar-refractivity contribution in [3.05, 3.63) is 65.2 Å². The molecule has 23 heavy (non-hydrogen) atoms. The van der Waals surface area contributed by atoms with E-state index in [2.05, 4.69) is 11.4 Å². The number of rotatable bonds is 3. The molecule has 0 saturated heterocycles. The minimum absolute atomic E-state index is 0.290. The Morgan fingerprint density at radius 1 is 1.22 bits per heavy atom. The van der Waals surface area contributed by atoms with Gasteiger partial charge in [0.05, 0.1) is 17.7 Å². The molecule has 4 heteroatoms. The Kier molecular flexibility index (Phi) is 4.08. The van der Waals surface area contributed by atoms with Crippen LogP contribution in [-0.4, -0.2) is 16.8 Å². The highest BCUT2D eigenvalue weighted by Crippen LogP contribution is 2.40. The minimum atomic E-state index is -0.715. The van der Waals surface area contributed by atoms with E-state index in [-0.39, 0.29) is 6.04 Å². The number of ether oxygens (including phenoxy) is 1. The Hall–Kier alpha value is -2.35. The number of fused-ring (bicyclic) bond motifs is 1. The van der Waals surface area contributed by atoms with Crippen molar-refractivity contribution in [1.29, 1.82) is 5.26 Å². The van der Waals surface area contributed by atoms with Gasteiger partial charge in [0.25, 0.3) is 0 Å². The van der Waals surface area contributed by atoms with Gasteiger partial charge < -0.3 is 15.2 Å². The fourth-order valence-electron chi connectivity index (χ4n) is 2.91. The largest absolute Gasteiger partial charge is 0.485 e. The summed E-state index contributed by atoms with van der Waals surface area (Å²) in [6.45, 7) is 4.38. The van der Waals surface area contributed by atoms with Crippen LogP contribution in [-0.2, 0) is 6.54 Å². The van der Waals surface area contributed by atoms with Crippen LogP contribution in [0.5, 0.6) is 5.75 Å². The molecule has 0 fully saturated rings. The molecule has 0 aliphatic carbocycles. The number of nitriles is 1. The van der Waals surface area contributed by atoms with Crippen molar-refractivity contribution in [1.82, 2.24) is 5.32 Å². The van der Waals surface area contributed by atoms with Crippen LogP contribution in [0.25, 0.3) is 0 Å². The molecule has 1 aliphatic heterocycles. The second kappa shape index (κ2) is 6.04. The topological polar surface area (TPSA) is 65.3 Å². The lowest BCUT2D eigenvalue weighted by atomic mass is 9.86. The van der Waals surface area contributed by atoms with Gasteiger partial charge in [-0.15, -0.1) is 0 Å². The summed E-state index contributed by atoms with van der Waals surface area (Å²) in [4.78, 5) is 0. The number of aliphatic hydroxyl groups excluding tert-OH is 1. The molecular weight excluding hydrogens is 288 g/mol. The van der Waals surface area contributed by atoms with E-state index in [1.165, 1.54) is 0 Å². The summed E-state index contributed by atoms with van der Waals surface area (Å²) in [6.07, 6.45) is -0.715. The third-order valence-electron chi connectivity index (χ3n) is 4.24. The summed E-state index contributed by atoms with van der Waals surface area (Å²) in [5.41, 5.74) is 1.83. The maximum atomic E-state index is 10.7. The Morgan fingerprint density at radius 2 is 1.96 bits per heavy atom. The SMILES string of the molecule is CC1(C)Oc2ccc(C#N)cc2[C@@H](NCc2ccccc2)[C@@H]1O. The van der Waals surface area contributed by atoms with Crippen molar-refractivity contribution < 1.29 is 9.84 Å². The summed E-state index contributed by atoms with van der Waals surface area (Å²) in [5, 5.41) is 23.3. The first-order valence-electron chi connectivity index (χ1n) is 7.70. The van der Waals surface area contributed by atoms with Gasteiger partial charge in [0, 0.05) is 12.1 Å². The van der Waals surface area contributed by atoms with E-state index in [0.29, 0.717) is 17.9 Å². The van der Waals surface area contributed by atoms with E-state index in [1.807, 2.05) is 44.2 Å². The fourth-order valence-corrected chi connectivity index (χ4v) is 2.91. The summed E-state index contributed by atoms with van der Waals surface area (Å²) < 4.78 is 5.91. The summed E-state index contributed by atoms with van der Waals surface area (Å²) in [7, 11) is 0. The first-order valence-corrected chi connectivity index (χ1v) is 7.70. The summed E-state index contributed by atoms with van der Waals surface area (Å²) in [5.74, 6) is 0.713. The molecule has 4 nitrogen and oxygen atoms in total. The molecule has 3 rings (SSSR count). The molecule has 2 aromatic carbocycles. The average Bonchev–Trinajstić information content (AvgIpc) is 2.56. The number of nitrogens with zero attached hydrogens (tertiary/aromatic N) is 1. The Bertz CT molecular complexity index is 735. The van der Waals surface area contributed by atoms with Crippen molar-refractivity contribution in [2.75, 3.05) is 0 Å². The first kappa shape index (κ1) is 15.5. The van der Waals surface area contributed by atoms with Gasteiger partial charge in [-0.05, 0) is 37.6 Å². The molecule has 118 valence electrons. The van der Waals surface area contributed by atoms with Gasteiger partial charge in [0.2, 0.25) is 0 Å². The number of benzene rings is 2. The van der Waals surface area contributed by atoms with Gasteiger partial charge in [-0.3, -0.25) is 0 Å². The molecule has 0 unspecified atom stereocenters. The second-order valence-corrected chi connectivity index (χ2v) is 6.36. The van der Waals surface area contributed by atoms with Gasteiger partial charge in [0.1, 0.15) is 17.5 Å². The van der Waals surface area contributed by atoms with Gasteiger partial charge in [0.15, 0.2) is 0 Å². The van der Waals surface area contributed by atoms with Gasteiger partial charge in [-0.2, -0.15) is 5.26 Å². The molecule has 0 bridgehead atoms. The first-order chi connectivity index (χ1) is 11.0. The van der Waals surface area contributed by atoms with Crippen LogP contribution in [0.4, 0.5) is 0 Å². The monoisotopic (exact) mass is 308 g/mol. The van der Waals surface area contributed by atoms with Gasteiger partial charge in [-0.25, -0.2) is 0 Å². The standard InChI is InChI=1S/C19H20N2O2/c1-19(2)18(22)17(21-12-13-6-4-3-5-7-13)15-10-14(11-20)8-9-16(15)23-19/h3-10,17-18,21-22H,12H2,1-2H3/t17-,18+/m1/s1. The molecule has 0 aromatic heterocycles. The second-order valence-electron chi connectivity index (χ2n) is 6.36. The lowest BCUT2D eigenvalue weighted by Crippen LogP contribution is -2.52. The number of hydrogen-bond donors (Lipinski definition) is 2. The van der Waals surface area contributed by atoms with Crippen LogP contribution in [0, 0.1) is 11.3 Å². The summed E-state index contributed by atoms with van der Waals surface area (Å²) >= 11 is 0. The quantitative estimate of drug-likeness (QED) is 0.915. The van der Waals surface area contributed by atoms with Crippen LogP contribution >= 0.6 is 0 Å². The number of hydrogen-bond acceptors (Lipinski definition) is 4. The predicted octanol–water partition coefficient (Wildman–Crippen LogP) is 2.92. The maximum absolute atomic E-state index is 10.7. The highest BCUT2D eigenvalue weighted by Gasteiger charge is 2.42. The van der Waals surface area contributed by atoms with Crippen molar-refractivity contribution >= 4 is 0 Å². The van der Waals surface area contributed by atoms with Crippen LogP contribution in [0.15, 0.2) is 48.5 Å². The van der Waals surface area contributed by atoms with Crippen LogP contribution < -0.4 is 10.1 Å². The van der Waals surface area contributed by atoms with Crippen molar-refractivity contribution in [3.8, 4) is 11.8 Å². The Labute approximate surface area is 136 Å². The Balaban J connectivity index is 1.92. The highest BCUT2D eigenvalue weighted by atomic mass is 16.5. The lowest BCUT2D eigenvalue weighted by molar-refractivity contribution is -0.0649. The van der Waals surface area contributed by atoms with Gasteiger partial charge in [-0.1, -0.05) is 30.3 Å². The molecule has 2 aromatic rings. The molecule has 0 spiro atoms. The van der Waals surface area contributed by atoms with Crippen molar-refractivity contribution in [2.45, 2.75) is 38.1 Å². The van der Waals surface area contributed by atoms with Crippen molar-refractivity contribution in [2.24, 2.45) is 0 Å². The van der Waals surface area contributed by atoms with Crippen molar-refractivity contribution in [3.63, 3.8) is 0 Å². The summed E-state index contributed by atoms with van der Waals surface area (Å²) in [6, 6.07) is 17.2. The van der Waals surface area contributed by atoms with Crippen LogP contribution in [0.1, 0.15) is 36.6 Å². The van der Waals surface area contributed by atoms with Gasteiger partial charge >= 0.3 is 0 Å². The van der Waals surface area contributed by atoms with Crippen LogP contribution in [0.3, 0.4) is 0 Å². The molecule has 0 saturated carbocycles. The predicted molar refractivity (Wildman–Crippen MR) is 87.9 cm³/mol. The smallest absolute Gasteiger partial charge is 0.131 e. The molecule has 1 aliphatic rings. The zero-order valence-corrected chi connectivity index (χ0v) is 13.3. The average molecular weight is 308 g/mol. The van der Waals surface area contributed by atoms with E-state index >= 15 is 0 Å². The Morgan fingerprint density at radius 3 is 2.65 bits per heavy atom. The zero-order valence-electron chi connectivity index (χ0n) is 13.3. The number of nitrogens with one attached hydrogen (secondary N) is 1. The van der Waals surface area contributed by atoms with E-state index in [9.17, 15) is 5.11 Å². The molecule has 0 radical (unpaired) electrons. The normalized spacial score (nSPS) is 21.8. The molecule has 0 amide bonds. The highest BCUT2D eigenvalue weighted by molar-refractivity contribution is 5.46. The van der Waals surface area contributed by atoms with E-state index in [4.69, 9.17) is 10.00 Å². The molecule has 2 N–H and O–H groups in total. The molecular formula is C19H20N2O2.